The molecule has 4 aromatic rings. The lowest BCUT2D eigenvalue weighted by atomic mass is 10.1. The van der Waals surface area contributed by atoms with E-state index >= 15 is 0 Å². The predicted molar refractivity (Wildman–Crippen MR) is 124 cm³/mol. The lowest BCUT2D eigenvalue weighted by Crippen LogP contribution is -2.37. The molecule has 0 atom stereocenters. The van der Waals surface area contributed by atoms with Crippen LogP contribution in [0.1, 0.15) is 30.7 Å². The van der Waals surface area contributed by atoms with E-state index in [0.717, 1.165) is 11.1 Å². The van der Waals surface area contributed by atoms with E-state index < -0.39 is 10.0 Å². The molecule has 6 heteroatoms. The van der Waals surface area contributed by atoms with Gasteiger partial charge in [-0.2, -0.15) is 4.31 Å². The third kappa shape index (κ3) is 4.40. The molecule has 2 aromatic carbocycles. The Balaban J connectivity index is 1.69. The molecule has 0 saturated carbocycles. The number of sulfonamides is 1. The van der Waals surface area contributed by atoms with Crippen molar-refractivity contribution in [2.45, 2.75) is 44.8 Å². The van der Waals surface area contributed by atoms with E-state index in [-0.39, 0.29) is 10.9 Å². The minimum absolute atomic E-state index is 0.203. The lowest BCUT2D eigenvalue weighted by molar-refractivity contribution is 0.340. The number of hydrogen-bond acceptors (Lipinski definition) is 3. The molecular weight excluding hydrogens is 406 g/mol. The van der Waals surface area contributed by atoms with Crippen LogP contribution in [0.5, 0.6) is 0 Å². The Bertz CT molecular complexity index is 1300. The molecule has 2 aromatic heterocycles. The van der Waals surface area contributed by atoms with Crippen LogP contribution in [0, 0.1) is 6.92 Å². The standard InChI is InChI=1S/C25H27N3O2S/c1-19(2)28(31(29,30)24-13-5-10-22-11-6-14-26-25(22)24)18-23-12-7-15-27(23)17-21-9-4-8-20(3)16-21/h4-16,19H,17-18H2,1-3H3. The highest BCUT2D eigenvalue weighted by Crippen LogP contribution is 2.27. The van der Waals surface area contributed by atoms with Crippen molar-refractivity contribution in [1.82, 2.24) is 13.9 Å². The summed E-state index contributed by atoms with van der Waals surface area (Å²) in [5.41, 5.74) is 3.86. The Morgan fingerprint density at radius 2 is 1.77 bits per heavy atom. The van der Waals surface area contributed by atoms with E-state index in [1.54, 1.807) is 22.6 Å². The minimum Gasteiger partial charge on any atom is -0.346 e. The van der Waals surface area contributed by atoms with E-state index in [9.17, 15) is 8.42 Å². The molecule has 0 spiro atoms. The van der Waals surface area contributed by atoms with Crippen LogP contribution in [0.2, 0.25) is 0 Å². The summed E-state index contributed by atoms with van der Waals surface area (Å²) >= 11 is 0. The van der Waals surface area contributed by atoms with Gasteiger partial charge in [-0.25, -0.2) is 8.42 Å². The largest absolute Gasteiger partial charge is 0.346 e. The van der Waals surface area contributed by atoms with Gasteiger partial charge in [-0.05, 0) is 50.6 Å². The zero-order valence-corrected chi connectivity index (χ0v) is 18.9. The number of para-hydroxylation sites is 1. The number of fused-ring (bicyclic) bond motifs is 1. The molecule has 0 bridgehead atoms. The highest BCUT2D eigenvalue weighted by atomic mass is 32.2. The van der Waals surface area contributed by atoms with E-state index in [4.69, 9.17) is 0 Å². The van der Waals surface area contributed by atoms with Gasteiger partial charge in [0.15, 0.2) is 0 Å². The summed E-state index contributed by atoms with van der Waals surface area (Å²) in [6, 6.07) is 21.1. The second-order valence-electron chi connectivity index (χ2n) is 8.09. The van der Waals surface area contributed by atoms with Crippen molar-refractivity contribution in [2.75, 3.05) is 0 Å². The van der Waals surface area contributed by atoms with Crippen molar-refractivity contribution in [2.24, 2.45) is 0 Å². The average molecular weight is 434 g/mol. The molecule has 0 aliphatic rings. The van der Waals surface area contributed by atoms with E-state index in [2.05, 4.69) is 34.7 Å². The maximum Gasteiger partial charge on any atom is 0.245 e. The summed E-state index contributed by atoms with van der Waals surface area (Å²) < 4.78 is 31.1. The van der Waals surface area contributed by atoms with E-state index in [1.807, 2.05) is 56.4 Å². The topological polar surface area (TPSA) is 55.2 Å². The third-order valence-electron chi connectivity index (χ3n) is 5.44. The number of hydrogen-bond donors (Lipinski definition) is 0. The zero-order valence-electron chi connectivity index (χ0n) is 18.1. The van der Waals surface area contributed by atoms with Gasteiger partial charge in [0.05, 0.1) is 12.1 Å². The van der Waals surface area contributed by atoms with Crippen molar-refractivity contribution in [1.29, 1.82) is 0 Å². The van der Waals surface area contributed by atoms with Gasteiger partial charge >= 0.3 is 0 Å². The molecule has 160 valence electrons. The number of nitrogens with zero attached hydrogens (tertiary/aromatic N) is 3. The fourth-order valence-corrected chi connectivity index (χ4v) is 5.65. The summed E-state index contributed by atoms with van der Waals surface area (Å²) in [6.45, 7) is 6.88. The molecule has 0 aliphatic heterocycles. The van der Waals surface area contributed by atoms with Crippen LogP contribution < -0.4 is 0 Å². The molecule has 0 radical (unpaired) electrons. The van der Waals surface area contributed by atoms with Gasteiger partial charge in [-0.15, -0.1) is 0 Å². The monoisotopic (exact) mass is 433 g/mol. The molecule has 5 nitrogen and oxygen atoms in total. The molecule has 0 unspecified atom stereocenters. The van der Waals surface area contributed by atoms with E-state index in [1.165, 1.54) is 11.1 Å². The maximum atomic E-state index is 13.7. The van der Waals surface area contributed by atoms with Gasteiger partial charge in [0.2, 0.25) is 10.0 Å². The molecule has 31 heavy (non-hydrogen) atoms. The van der Waals surface area contributed by atoms with Crippen LogP contribution in [0.25, 0.3) is 10.9 Å². The SMILES string of the molecule is Cc1cccc(Cn2cccc2CN(C(C)C)S(=O)(=O)c2cccc3cccnc23)c1. The minimum atomic E-state index is -3.74. The molecule has 2 heterocycles. The fourth-order valence-electron chi connectivity index (χ4n) is 3.87. The number of rotatable bonds is 7. The average Bonchev–Trinajstić information content (AvgIpc) is 3.18. The normalized spacial score (nSPS) is 12.2. The lowest BCUT2D eigenvalue weighted by Gasteiger charge is -2.27. The summed E-state index contributed by atoms with van der Waals surface area (Å²) in [5.74, 6) is 0. The summed E-state index contributed by atoms with van der Waals surface area (Å²) in [4.78, 5) is 4.60. The smallest absolute Gasteiger partial charge is 0.245 e. The van der Waals surface area contributed by atoms with Crippen LogP contribution in [0.15, 0.2) is 84.0 Å². The van der Waals surface area contributed by atoms with Crippen LogP contribution in [-0.2, 0) is 23.1 Å². The van der Waals surface area contributed by atoms with Crippen molar-refractivity contribution < 1.29 is 8.42 Å². The Hall–Kier alpha value is -2.96. The molecule has 0 N–H and O–H groups in total. The Morgan fingerprint density at radius 1 is 1.00 bits per heavy atom. The first-order valence-electron chi connectivity index (χ1n) is 10.4. The predicted octanol–water partition coefficient (Wildman–Crippen LogP) is 4.99. The number of aromatic nitrogens is 2. The van der Waals surface area contributed by atoms with Gasteiger partial charge in [-0.1, -0.05) is 48.0 Å². The van der Waals surface area contributed by atoms with Crippen molar-refractivity contribution in [3.8, 4) is 0 Å². The van der Waals surface area contributed by atoms with E-state index in [0.29, 0.717) is 18.6 Å². The van der Waals surface area contributed by atoms with Gasteiger partial charge in [0, 0.05) is 36.1 Å². The quantitative estimate of drug-likeness (QED) is 0.412. The fraction of sp³-hybridized carbons (Fsp3) is 0.240. The zero-order chi connectivity index (χ0) is 22.0. The second kappa shape index (κ2) is 8.65. The first-order valence-corrected chi connectivity index (χ1v) is 11.9. The molecule has 0 saturated heterocycles. The van der Waals surface area contributed by atoms with Gasteiger partial charge in [0.25, 0.3) is 0 Å². The molecular formula is C25H27N3O2S. The molecule has 4 rings (SSSR count). The second-order valence-corrected chi connectivity index (χ2v) is 9.95. The van der Waals surface area contributed by atoms with Crippen molar-refractivity contribution >= 4 is 20.9 Å². The highest BCUT2D eigenvalue weighted by molar-refractivity contribution is 7.89. The number of pyridine rings is 1. The van der Waals surface area contributed by atoms with Crippen molar-refractivity contribution in [3.63, 3.8) is 0 Å². The molecule has 0 fully saturated rings. The van der Waals surface area contributed by atoms with Gasteiger partial charge < -0.3 is 4.57 Å². The van der Waals surface area contributed by atoms with Crippen LogP contribution in [-0.4, -0.2) is 28.3 Å². The Kier molecular flexibility index (Phi) is 5.94. The first kappa shape index (κ1) is 21.3. The number of benzene rings is 2. The summed E-state index contributed by atoms with van der Waals surface area (Å²) in [6.07, 6.45) is 3.64. The third-order valence-corrected chi connectivity index (χ3v) is 7.49. The highest BCUT2D eigenvalue weighted by Gasteiger charge is 2.30. The summed E-state index contributed by atoms with van der Waals surface area (Å²) in [5, 5.41) is 0.815. The first-order chi connectivity index (χ1) is 14.9. The van der Waals surface area contributed by atoms with Crippen LogP contribution >= 0.6 is 0 Å². The maximum absolute atomic E-state index is 13.7. The van der Waals surface area contributed by atoms with Gasteiger partial charge in [-0.3, -0.25) is 4.98 Å². The Labute approximate surface area is 184 Å². The van der Waals surface area contributed by atoms with Crippen LogP contribution in [0.4, 0.5) is 0 Å². The molecule has 0 aliphatic carbocycles. The van der Waals surface area contributed by atoms with Crippen molar-refractivity contribution in [3.05, 3.63) is 95.9 Å². The Morgan fingerprint density at radius 3 is 2.55 bits per heavy atom. The molecule has 0 amide bonds. The van der Waals surface area contributed by atoms with Crippen LogP contribution in [0.3, 0.4) is 0 Å². The number of aryl methyl sites for hydroxylation is 1. The summed E-state index contributed by atoms with van der Waals surface area (Å²) in [7, 11) is -3.74. The van der Waals surface area contributed by atoms with Gasteiger partial charge in [0.1, 0.15) is 4.90 Å².